The predicted octanol–water partition coefficient (Wildman–Crippen LogP) is 3.70. The van der Waals surface area contributed by atoms with E-state index in [9.17, 15) is 9.59 Å². The lowest BCUT2D eigenvalue weighted by Crippen LogP contribution is -2.30. The molecule has 2 amide bonds. The fourth-order valence-electron chi connectivity index (χ4n) is 3.31. The summed E-state index contributed by atoms with van der Waals surface area (Å²) in [7, 11) is 0. The van der Waals surface area contributed by atoms with E-state index in [-0.39, 0.29) is 17.7 Å². The summed E-state index contributed by atoms with van der Waals surface area (Å²) in [5.41, 5.74) is 3.82. The van der Waals surface area contributed by atoms with E-state index in [1.54, 1.807) is 0 Å². The number of amides is 2. The monoisotopic (exact) mass is 333 g/mol. The molecule has 0 saturated heterocycles. The molecular formula is C20H19N3O2. The number of carbonyl (C=O) groups is 2. The van der Waals surface area contributed by atoms with Gasteiger partial charge in [-0.3, -0.25) is 9.59 Å². The summed E-state index contributed by atoms with van der Waals surface area (Å²) in [5.74, 6) is -0.227. The third-order valence-corrected chi connectivity index (χ3v) is 4.67. The Bertz CT molecular complexity index is 945. The number of benzene rings is 2. The van der Waals surface area contributed by atoms with E-state index in [1.165, 1.54) is 0 Å². The van der Waals surface area contributed by atoms with E-state index in [1.807, 2.05) is 54.7 Å². The van der Waals surface area contributed by atoms with E-state index in [0.717, 1.165) is 27.8 Å². The highest BCUT2D eigenvalue weighted by molar-refractivity contribution is 5.97. The first-order valence-corrected chi connectivity index (χ1v) is 8.45. The standard InChI is InChI=1S/C20H19N3O2/c24-19(22-16-6-7-17-14(12-16)9-10-21-17)8-5-15-11-13-3-1-2-4-18(13)23-20(15)25/h1-4,6-7,9-10,12,15,21H,5,8,11H2,(H,22,24)(H,23,25). The van der Waals surface area contributed by atoms with E-state index in [2.05, 4.69) is 15.6 Å². The predicted molar refractivity (Wildman–Crippen MR) is 98.4 cm³/mol. The van der Waals surface area contributed by atoms with E-state index < -0.39 is 0 Å². The highest BCUT2D eigenvalue weighted by Crippen LogP contribution is 2.27. The van der Waals surface area contributed by atoms with E-state index >= 15 is 0 Å². The Morgan fingerprint density at radius 1 is 1.16 bits per heavy atom. The van der Waals surface area contributed by atoms with Crippen molar-refractivity contribution in [3.8, 4) is 0 Å². The fourth-order valence-corrected chi connectivity index (χ4v) is 3.31. The zero-order valence-corrected chi connectivity index (χ0v) is 13.7. The Morgan fingerprint density at radius 3 is 2.96 bits per heavy atom. The third-order valence-electron chi connectivity index (χ3n) is 4.67. The minimum absolute atomic E-state index is 0.000224. The quantitative estimate of drug-likeness (QED) is 0.681. The summed E-state index contributed by atoms with van der Waals surface area (Å²) in [6, 6.07) is 15.5. The number of carbonyl (C=O) groups excluding carboxylic acids is 2. The third kappa shape index (κ3) is 3.26. The van der Waals surface area contributed by atoms with Crippen LogP contribution in [0.5, 0.6) is 0 Å². The normalized spacial score (nSPS) is 16.3. The average molecular weight is 333 g/mol. The molecule has 4 rings (SSSR count). The van der Waals surface area contributed by atoms with Gasteiger partial charge in [-0.05, 0) is 48.7 Å². The molecule has 25 heavy (non-hydrogen) atoms. The number of hydrogen-bond acceptors (Lipinski definition) is 2. The molecule has 0 aliphatic carbocycles. The van der Waals surface area contributed by atoms with Crippen LogP contribution in [-0.2, 0) is 16.0 Å². The van der Waals surface area contributed by atoms with Gasteiger partial charge in [0.2, 0.25) is 11.8 Å². The molecule has 126 valence electrons. The largest absolute Gasteiger partial charge is 0.361 e. The number of aromatic nitrogens is 1. The lowest BCUT2D eigenvalue weighted by molar-refractivity contribution is -0.121. The van der Waals surface area contributed by atoms with Gasteiger partial charge in [-0.2, -0.15) is 0 Å². The number of fused-ring (bicyclic) bond motifs is 2. The molecule has 5 heteroatoms. The van der Waals surface area contributed by atoms with Crippen LogP contribution < -0.4 is 10.6 Å². The van der Waals surface area contributed by atoms with Gasteiger partial charge in [-0.25, -0.2) is 0 Å². The van der Waals surface area contributed by atoms with Gasteiger partial charge in [0, 0.05) is 40.8 Å². The summed E-state index contributed by atoms with van der Waals surface area (Å²) in [4.78, 5) is 27.6. The first kappa shape index (κ1) is 15.4. The second-order valence-electron chi connectivity index (χ2n) is 6.41. The van der Waals surface area contributed by atoms with Gasteiger partial charge < -0.3 is 15.6 Å². The van der Waals surface area contributed by atoms with Crippen LogP contribution in [-0.4, -0.2) is 16.8 Å². The van der Waals surface area contributed by atoms with Crippen molar-refractivity contribution < 1.29 is 9.59 Å². The highest BCUT2D eigenvalue weighted by Gasteiger charge is 2.26. The molecule has 3 aromatic rings. The molecule has 0 bridgehead atoms. The van der Waals surface area contributed by atoms with Gasteiger partial charge >= 0.3 is 0 Å². The Kier molecular flexibility index (Phi) is 3.98. The molecule has 2 aromatic carbocycles. The number of anilines is 2. The zero-order chi connectivity index (χ0) is 17.2. The Hall–Kier alpha value is -3.08. The SMILES string of the molecule is O=C(CCC1Cc2ccccc2NC1=O)Nc1ccc2[nH]ccc2c1. The molecule has 2 heterocycles. The molecule has 0 fully saturated rings. The van der Waals surface area contributed by atoms with Gasteiger partial charge in [-0.15, -0.1) is 0 Å². The maximum Gasteiger partial charge on any atom is 0.227 e. The fraction of sp³-hybridized carbons (Fsp3) is 0.200. The van der Waals surface area contributed by atoms with Crippen molar-refractivity contribution in [3.63, 3.8) is 0 Å². The van der Waals surface area contributed by atoms with Crippen molar-refractivity contribution in [2.24, 2.45) is 5.92 Å². The van der Waals surface area contributed by atoms with Gasteiger partial charge in [0.15, 0.2) is 0 Å². The summed E-state index contributed by atoms with van der Waals surface area (Å²) in [6.45, 7) is 0. The molecule has 3 N–H and O–H groups in total. The molecule has 1 aliphatic heterocycles. The lowest BCUT2D eigenvalue weighted by Gasteiger charge is -2.24. The summed E-state index contributed by atoms with van der Waals surface area (Å²) in [6.07, 6.45) is 3.42. The smallest absolute Gasteiger partial charge is 0.227 e. The van der Waals surface area contributed by atoms with Gasteiger partial charge in [0.25, 0.3) is 0 Å². The van der Waals surface area contributed by atoms with Gasteiger partial charge in [0.1, 0.15) is 0 Å². The van der Waals surface area contributed by atoms with Crippen molar-refractivity contribution in [2.75, 3.05) is 10.6 Å². The van der Waals surface area contributed by atoms with Crippen molar-refractivity contribution >= 4 is 34.1 Å². The number of H-pyrrole nitrogens is 1. The number of nitrogens with one attached hydrogen (secondary N) is 3. The van der Waals surface area contributed by atoms with Crippen LogP contribution in [0.2, 0.25) is 0 Å². The molecule has 0 spiro atoms. The molecule has 1 unspecified atom stereocenters. The number of hydrogen-bond donors (Lipinski definition) is 3. The molecule has 5 nitrogen and oxygen atoms in total. The maximum absolute atomic E-state index is 12.2. The number of rotatable bonds is 4. The van der Waals surface area contributed by atoms with Crippen molar-refractivity contribution in [2.45, 2.75) is 19.3 Å². The highest BCUT2D eigenvalue weighted by atomic mass is 16.2. The van der Waals surface area contributed by atoms with Crippen LogP contribution in [0.25, 0.3) is 10.9 Å². The summed E-state index contributed by atoms with van der Waals surface area (Å²) in [5, 5.41) is 6.90. The molecular weight excluding hydrogens is 314 g/mol. The number of para-hydroxylation sites is 1. The Morgan fingerprint density at radius 2 is 2.04 bits per heavy atom. The molecule has 0 saturated carbocycles. The van der Waals surface area contributed by atoms with Crippen LogP contribution >= 0.6 is 0 Å². The van der Waals surface area contributed by atoms with Crippen LogP contribution in [0.1, 0.15) is 18.4 Å². The Balaban J connectivity index is 1.36. The Labute approximate surface area is 145 Å². The van der Waals surface area contributed by atoms with Crippen molar-refractivity contribution in [1.29, 1.82) is 0 Å². The average Bonchev–Trinajstić information content (AvgIpc) is 3.07. The second kappa shape index (κ2) is 6.43. The molecule has 1 aromatic heterocycles. The van der Waals surface area contributed by atoms with Gasteiger partial charge in [-0.1, -0.05) is 18.2 Å². The van der Waals surface area contributed by atoms with Crippen LogP contribution in [0.3, 0.4) is 0 Å². The van der Waals surface area contributed by atoms with Crippen molar-refractivity contribution in [3.05, 3.63) is 60.3 Å². The lowest BCUT2D eigenvalue weighted by atomic mass is 9.89. The summed E-state index contributed by atoms with van der Waals surface area (Å²) < 4.78 is 0. The topological polar surface area (TPSA) is 74.0 Å². The number of aromatic amines is 1. The molecule has 1 aliphatic rings. The van der Waals surface area contributed by atoms with E-state index in [0.29, 0.717) is 19.3 Å². The minimum atomic E-state index is -0.159. The first-order chi connectivity index (χ1) is 12.2. The minimum Gasteiger partial charge on any atom is -0.361 e. The summed E-state index contributed by atoms with van der Waals surface area (Å²) >= 11 is 0. The van der Waals surface area contributed by atoms with E-state index in [4.69, 9.17) is 0 Å². The van der Waals surface area contributed by atoms with Crippen LogP contribution in [0.15, 0.2) is 54.7 Å². The zero-order valence-electron chi connectivity index (χ0n) is 13.7. The molecule has 0 radical (unpaired) electrons. The van der Waals surface area contributed by atoms with Crippen molar-refractivity contribution in [1.82, 2.24) is 4.98 Å². The molecule has 1 atom stereocenters. The first-order valence-electron chi connectivity index (χ1n) is 8.45. The maximum atomic E-state index is 12.2. The van der Waals surface area contributed by atoms with Crippen LogP contribution in [0.4, 0.5) is 11.4 Å². The second-order valence-corrected chi connectivity index (χ2v) is 6.41. The van der Waals surface area contributed by atoms with Crippen LogP contribution in [0, 0.1) is 5.92 Å². The van der Waals surface area contributed by atoms with Gasteiger partial charge in [0.05, 0.1) is 0 Å².